The van der Waals surface area contributed by atoms with Gasteiger partial charge in [-0.05, 0) is 65.1 Å². The van der Waals surface area contributed by atoms with Gasteiger partial charge in [0.15, 0.2) is 0 Å². The first-order valence-corrected chi connectivity index (χ1v) is 6.57. The molecule has 2 N–H and O–H groups in total. The van der Waals surface area contributed by atoms with E-state index in [4.69, 9.17) is 11.6 Å². The molecular formula is C13H9ClINO2. The number of carbonyl (C=O) groups excluding carboxylic acids is 1. The first kappa shape index (κ1) is 13.2. The molecule has 3 nitrogen and oxygen atoms in total. The summed E-state index contributed by atoms with van der Waals surface area (Å²) >= 11 is 8.09. The van der Waals surface area contributed by atoms with Crippen molar-refractivity contribution >= 4 is 45.8 Å². The number of anilines is 1. The minimum atomic E-state index is -0.350. The van der Waals surface area contributed by atoms with E-state index in [0.717, 1.165) is 3.57 Å². The Morgan fingerprint density at radius 2 is 1.83 bits per heavy atom. The maximum atomic E-state index is 12.0. The average molecular weight is 374 g/mol. The molecule has 0 aliphatic rings. The fraction of sp³-hybridized carbons (Fsp3) is 0. The summed E-state index contributed by atoms with van der Waals surface area (Å²) in [6.45, 7) is 0. The van der Waals surface area contributed by atoms with Crippen molar-refractivity contribution in [1.82, 2.24) is 0 Å². The SMILES string of the molecule is O=C(Nc1ccc(I)cc1)c1cc(O)ccc1Cl. The van der Waals surface area contributed by atoms with E-state index in [1.807, 2.05) is 12.1 Å². The van der Waals surface area contributed by atoms with Crippen molar-refractivity contribution in [3.63, 3.8) is 0 Å². The quantitative estimate of drug-likeness (QED) is 0.784. The summed E-state index contributed by atoms with van der Waals surface area (Å²) in [7, 11) is 0. The van der Waals surface area contributed by atoms with E-state index in [9.17, 15) is 9.90 Å². The van der Waals surface area contributed by atoms with Gasteiger partial charge in [-0.2, -0.15) is 0 Å². The predicted molar refractivity (Wildman–Crippen MR) is 80.2 cm³/mol. The maximum Gasteiger partial charge on any atom is 0.257 e. The van der Waals surface area contributed by atoms with Crippen LogP contribution in [0.2, 0.25) is 5.02 Å². The minimum absolute atomic E-state index is 0.00663. The number of hydrogen-bond donors (Lipinski definition) is 2. The molecule has 92 valence electrons. The Balaban J connectivity index is 2.21. The number of benzene rings is 2. The molecule has 2 aromatic carbocycles. The van der Waals surface area contributed by atoms with Gasteiger partial charge in [0.25, 0.3) is 5.91 Å². The van der Waals surface area contributed by atoms with Crippen LogP contribution in [0.25, 0.3) is 0 Å². The highest BCUT2D eigenvalue weighted by molar-refractivity contribution is 14.1. The third kappa shape index (κ3) is 3.14. The van der Waals surface area contributed by atoms with Crippen molar-refractivity contribution < 1.29 is 9.90 Å². The van der Waals surface area contributed by atoms with Crippen LogP contribution in [0, 0.1) is 3.57 Å². The van der Waals surface area contributed by atoms with Gasteiger partial charge < -0.3 is 10.4 Å². The Morgan fingerprint density at radius 3 is 2.50 bits per heavy atom. The van der Waals surface area contributed by atoms with Crippen molar-refractivity contribution in [1.29, 1.82) is 0 Å². The van der Waals surface area contributed by atoms with Crippen LogP contribution in [-0.4, -0.2) is 11.0 Å². The molecule has 0 atom stereocenters. The fourth-order valence-corrected chi connectivity index (χ4v) is 1.98. The van der Waals surface area contributed by atoms with E-state index in [2.05, 4.69) is 27.9 Å². The van der Waals surface area contributed by atoms with Gasteiger partial charge in [0.05, 0.1) is 10.6 Å². The second-order valence-corrected chi connectivity index (χ2v) is 5.28. The predicted octanol–water partition coefficient (Wildman–Crippen LogP) is 3.90. The van der Waals surface area contributed by atoms with E-state index in [-0.39, 0.29) is 17.2 Å². The highest BCUT2D eigenvalue weighted by Crippen LogP contribution is 2.22. The standard InChI is InChI=1S/C13H9ClINO2/c14-12-6-5-10(17)7-11(12)13(18)16-9-3-1-8(15)2-4-9/h1-7,17H,(H,16,18). The Bertz CT molecular complexity index is 584. The van der Waals surface area contributed by atoms with E-state index in [0.29, 0.717) is 10.7 Å². The summed E-state index contributed by atoms with van der Waals surface area (Å²) < 4.78 is 1.08. The van der Waals surface area contributed by atoms with E-state index >= 15 is 0 Å². The maximum absolute atomic E-state index is 12.0. The second-order valence-electron chi connectivity index (χ2n) is 3.63. The number of phenolic OH excluding ortho intramolecular Hbond substituents is 1. The summed E-state index contributed by atoms with van der Waals surface area (Å²) in [5.41, 5.74) is 0.926. The van der Waals surface area contributed by atoms with Gasteiger partial charge in [0, 0.05) is 9.26 Å². The zero-order valence-electron chi connectivity index (χ0n) is 9.15. The largest absolute Gasteiger partial charge is 0.508 e. The Hall–Kier alpha value is -1.27. The summed E-state index contributed by atoms with van der Waals surface area (Å²) in [6.07, 6.45) is 0. The molecule has 0 bridgehead atoms. The van der Waals surface area contributed by atoms with Crippen molar-refractivity contribution in [3.05, 3.63) is 56.6 Å². The van der Waals surface area contributed by atoms with Gasteiger partial charge in [-0.3, -0.25) is 4.79 Å². The number of carbonyl (C=O) groups is 1. The minimum Gasteiger partial charge on any atom is -0.508 e. The topological polar surface area (TPSA) is 49.3 Å². The van der Waals surface area contributed by atoms with Gasteiger partial charge in [-0.25, -0.2) is 0 Å². The van der Waals surface area contributed by atoms with Crippen LogP contribution in [0.1, 0.15) is 10.4 Å². The smallest absolute Gasteiger partial charge is 0.257 e. The normalized spacial score (nSPS) is 10.1. The molecule has 0 aliphatic carbocycles. The van der Waals surface area contributed by atoms with E-state index in [1.54, 1.807) is 12.1 Å². The van der Waals surface area contributed by atoms with Gasteiger partial charge in [-0.15, -0.1) is 0 Å². The summed E-state index contributed by atoms with van der Waals surface area (Å²) in [5, 5.41) is 12.4. The van der Waals surface area contributed by atoms with Gasteiger partial charge >= 0.3 is 0 Å². The van der Waals surface area contributed by atoms with Crippen LogP contribution in [-0.2, 0) is 0 Å². The van der Waals surface area contributed by atoms with E-state index < -0.39 is 0 Å². The lowest BCUT2D eigenvalue weighted by atomic mass is 10.2. The first-order chi connectivity index (χ1) is 8.56. The average Bonchev–Trinajstić information content (AvgIpc) is 2.35. The zero-order chi connectivity index (χ0) is 13.1. The molecule has 0 heterocycles. The molecule has 2 aromatic rings. The van der Waals surface area contributed by atoms with Crippen LogP contribution in [0.4, 0.5) is 5.69 Å². The van der Waals surface area contributed by atoms with Crippen LogP contribution >= 0.6 is 34.2 Å². The first-order valence-electron chi connectivity index (χ1n) is 5.12. The molecule has 0 spiro atoms. The van der Waals surface area contributed by atoms with Gasteiger partial charge in [-0.1, -0.05) is 11.6 Å². The number of amides is 1. The number of aromatic hydroxyl groups is 1. The Morgan fingerprint density at radius 1 is 1.17 bits per heavy atom. The molecule has 1 amide bonds. The summed E-state index contributed by atoms with van der Waals surface area (Å²) in [4.78, 5) is 12.0. The lowest BCUT2D eigenvalue weighted by Crippen LogP contribution is -2.12. The molecule has 18 heavy (non-hydrogen) atoms. The highest BCUT2D eigenvalue weighted by atomic mass is 127. The number of halogens is 2. The molecule has 0 unspecified atom stereocenters. The molecule has 0 fully saturated rings. The van der Waals surface area contributed by atoms with Crippen molar-refractivity contribution in [3.8, 4) is 5.75 Å². The van der Waals surface area contributed by atoms with Crippen LogP contribution in [0.15, 0.2) is 42.5 Å². The highest BCUT2D eigenvalue weighted by Gasteiger charge is 2.11. The molecule has 0 saturated carbocycles. The number of phenols is 1. The van der Waals surface area contributed by atoms with Crippen molar-refractivity contribution in [2.24, 2.45) is 0 Å². The number of rotatable bonds is 2. The molecule has 2 rings (SSSR count). The second kappa shape index (κ2) is 5.58. The van der Waals surface area contributed by atoms with E-state index in [1.165, 1.54) is 18.2 Å². The molecular weight excluding hydrogens is 365 g/mol. The molecule has 0 aliphatic heterocycles. The zero-order valence-corrected chi connectivity index (χ0v) is 12.1. The Labute approximate surface area is 123 Å². The lowest BCUT2D eigenvalue weighted by Gasteiger charge is -2.07. The summed E-state index contributed by atoms with van der Waals surface area (Å²) in [5.74, 6) is -0.343. The molecule has 0 saturated heterocycles. The third-order valence-corrected chi connectivity index (χ3v) is 3.35. The third-order valence-electron chi connectivity index (χ3n) is 2.30. The molecule has 0 aromatic heterocycles. The van der Waals surface area contributed by atoms with Crippen LogP contribution < -0.4 is 5.32 Å². The number of nitrogens with one attached hydrogen (secondary N) is 1. The monoisotopic (exact) mass is 373 g/mol. The summed E-state index contributed by atoms with van der Waals surface area (Å²) in [6, 6.07) is 11.6. The lowest BCUT2D eigenvalue weighted by molar-refractivity contribution is 0.102. The fourth-order valence-electron chi connectivity index (χ4n) is 1.42. The van der Waals surface area contributed by atoms with Gasteiger partial charge in [0.1, 0.15) is 5.75 Å². The molecule has 5 heteroatoms. The molecule has 0 radical (unpaired) electrons. The van der Waals surface area contributed by atoms with Crippen LogP contribution in [0.5, 0.6) is 5.75 Å². The van der Waals surface area contributed by atoms with Gasteiger partial charge in [0.2, 0.25) is 0 Å². The Kier molecular flexibility index (Phi) is 4.08. The van der Waals surface area contributed by atoms with Crippen molar-refractivity contribution in [2.75, 3.05) is 5.32 Å². The van der Waals surface area contributed by atoms with Crippen LogP contribution in [0.3, 0.4) is 0 Å². The van der Waals surface area contributed by atoms with Crippen molar-refractivity contribution in [2.45, 2.75) is 0 Å². The number of hydrogen-bond acceptors (Lipinski definition) is 2.